The third kappa shape index (κ3) is 4.11. The molecule has 3 nitrogen and oxygen atoms in total. The first-order valence-electron chi connectivity index (χ1n) is 6.09. The fourth-order valence-electron chi connectivity index (χ4n) is 1.90. The molecule has 2 rings (SSSR count). The highest BCUT2D eigenvalue weighted by atomic mass is 35.5. The van der Waals surface area contributed by atoms with Gasteiger partial charge in [-0.1, -0.05) is 23.2 Å². The molecule has 0 aromatic heterocycles. The minimum atomic E-state index is -0.722. The molecule has 0 amide bonds. The number of hydrogen-bond donors (Lipinski definition) is 2. The number of fused-ring (bicyclic) bond motifs is 1. The van der Waals surface area contributed by atoms with Gasteiger partial charge in [-0.25, -0.2) is 0 Å². The van der Waals surface area contributed by atoms with Crippen LogP contribution >= 0.6 is 23.2 Å². The van der Waals surface area contributed by atoms with Gasteiger partial charge in [0.2, 0.25) is 0 Å². The second kappa shape index (κ2) is 5.71. The molecule has 0 fully saturated rings. The highest BCUT2D eigenvalue weighted by Gasteiger charge is 2.16. The quantitative estimate of drug-likeness (QED) is 0.898. The van der Waals surface area contributed by atoms with E-state index in [1.54, 1.807) is 19.9 Å². The lowest BCUT2D eigenvalue weighted by Gasteiger charge is -2.22. The zero-order valence-corrected chi connectivity index (χ0v) is 12.5. The van der Waals surface area contributed by atoms with Crippen LogP contribution in [0.1, 0.15) is 19.4 Å². The Bertz CT molecular complexity index is 507. The normalized spacial score (nSPS) is 14.7. The summed E-state index contributed by atoms with van der Waals surface area (Å²) in [5, 5.41) is 13.9. The number of hydrogen-bond acceptors (Lipinski definition) is 3. The van der Waals surface area contributed by atoms with Crippen LogP contribution in [0.25, 0.3) is 6.08 Å². The minimum Gasteiger partial charge on any atom is -0.487 e. The molecule has 0 unspecified atom stereocenters. The molecule has 0 radical (unpaired) electrons. The first kappa shape index (κ1) is 14.7. The van der Waals surface area contributed by atoms with Crippen LogP contribution in [0.5, 0.6) is 5.75 Å². The van der Waals surface area contributed by atoms with Gasteiger partial charge in [-0.15, -0.1) is 0 Å². The van der Waals surface area contributed by atoms with E-state index in [0.717, 1.165) is 11.1 Å². The Labute approximate surface area is 123 Å². The molecule has 1 aromatic rings. The molecule has 5 heteroatoms. The Morgan fingerprint density at radius 1 is 1.37 bits per heavy atom. The third-order valence-corrected chi connectivity index (χ3v) is 3.21. The van der Waals surface area contributed by atoms with Crippen molar-refractivity contribution in [3.8, 4) is 5.75 Å². The van der Waals surface area contributed by atoms with Gasteiger partial charge in [0, 0.05) is 23.7 Å². The van der Waals surface area contributed by atoms with Gasteiger partial charge in [0.15, 0.2) is 0 Å². The summed E-state index contributed by atoms with van der Waals surface area (Å²) in [6.07, 6.45) is 2.02. The van der Waals surface area contributed by atoms with Crippen LogP contribution in [0, 0.1) is 0 Å². The summed E-state index contributed by atoms with van der Waals surface area (Å²) in [6, 6.07) is 3.51. The van der Waals surface area contributed by atoms with Gasteiger partial charge in [-0.05, 0) is 37.6 Å². The van der Waals surface area contributed by atoms with Crippen molar-refractivity contribution in [1.29, 1.82) is 0 Å². The maximum Gasteiger partial charge on any atom is 0.145 e. The Hall–Kier alpha value is -0.740. The van der Waals surface area contributed by atoms with Crippen molar-refractivity contribution in [3.05, 3.63) is 33.3 Å². The summed E-state index contributed by atoms with van der Waals surface area (Å²) < 4.78 is 5.64. The van der Waals surface area contributed by atoms with Gasteiger partial charge >= 0.3 is 0 Å². The molecule has 0 atom stereocenters. The molecule has 1 aliphatic heterocycles. The van der Waals surface area contributed by atoms with E-state index >= 15 is 0 Å². The van der Waals surface area contributed by atoms with E-state index in [0.29, 0.717) is 35.5 Å². The summed E-state index contributed by atoms with van der Waals surface area (Å²) in [7, 11) is 0. The topological polar surface area (TPSA) is 41.5 Å². The van der Waals surface area contributed by atoms with E-state index in [9.17, 15) is 5.11 Å². The minimum absolute atomic E-state index is 0.493. The first-order valence-corrected chi connectivity index (χ1v) is 6.85. The highest BCUT2D eigenvalue weighted by molar-refractivity contribution is 6.36. The van der Waals surface area contributed by atoms with E-state index in [1.807, 2.05) is 12.1 Å². The summed E-state index contributed by atoms with van der Waals surface area (Å²) in [5.41, 5.74) is 1.26. The molecule has 0 saturated carbocycles. The Kier molecular flexibility index (Phi) is 4.41. The molecule has 2 N–H and O–H groups in total. The average molecular weight is 302 g/mol. The van der Waals surface area contributed by atoms with Crippen LogP contribution in [0.2, 0.25) is 10.0 Å². The van der Waals surface area contributed by atoms with Crippen molar-refractivity contribution in [3.63, 3.8) is 0 Å². The fraction of sp³-hybridized carbons (Fsp3) is 0.429. The molecule has 104 valence electrons. The SMILES string of the molecule is CC(C)(O)CNCC1=Cc2cc(Cl)cc(Cl)c2OC1. The van der Waals surface area contributed by atoms with E-state index in [1.165, 1.54) is 0 Å². The molecule has 19 heavy (non-hydrogen) atoms. The molecule has 0 spiro atoms. The summed E-state index contributed by atoms with van der Waals surface area (Å²) >= 11 is 12.0. The molecule has 1 heterocycles. The predicted octanol–water partition coefficient (Wildman–Crippen LogP) is 3.13. The van der Waals surface area contributed by atoms with Crippen molar-refractivity contribution in [1.82, 2.24) is 5.32 Å². The van der Waals surface area contributed by atoms with Gasteiger partial charge in [0.05, 0.1) is 10.6 Å². The molecule has 0 bridgehead atoms. The van der Waals surface area contributed by atoms with Crippen LogP contribution in [-0.2, 0) is 0 Å². The molecule has 0 aliphatic carbocycles. The lowest BCUT2D eigenvalue weighted by molar-refractivity contribution is 0.0806. The van der Waals surface area contributed by atoms with Crippen LogP contribution in [-0.4, -0.2) is 30.4 Å². The van der Waals surface area contributed by atoms with Crippen LogP contribution in [0.15, 0.2) is 17.7 Å². The second-order valence-electron chi connectivity index (χ2n) is 5.31. The van der Waals surface area contributed by atoms with E-state index < -0.39 is 5.60 Å². The maximum absolute atomic E-state index is 9.63. The molecule has 1 aromatic carbocycles. The van der Waals surface area contributed by atoms with E-state index in [4.69, 9.17) is 27.9 Å². The van der Waals surface area contributed by atoms with Gasteiger partial charge < -0.3 is 15.2 Å². The van der Waals surface area contributed by atoms with Gasteiger partial charge in [-0.2, -0.15) is 0 Å². The van der Waals surface area contributed by atoms with E-state index in [-0.39, 0.29) is 0 Å². The summed E-state index contributed by atoms with van der Waals surface area (Å²) in [6.45, 7) is 5.20. The first-order chi connectivity index (χ1) is 8.85. The molecular weight excluding hydrogens is 285 g/mol. The zero-order valence-electron chi connectivity index (χ0n) is 11.0. The van der Waals surface area contributed by atoms with Crippen molar-refractivity contribution in [2.75, 3.05) is 19.7 Å². The number of nitrogens with one attached hydrogen (secondary N) is 1. The lowest BCUT2D eigenvalue weighted by atomic mass is 10.1. The molecule has 0 saturated heterocycles. The maximum atomic E-state index is 9.63. The Morgan fingerprint density at radius 3 is 2.79 bits per heavy atom. The summed E-state index contributed by atoms with van der Waals surface area (Å²) in [4.78, 5) is 0. The zero-order chi connectivity index (χ0) is 14.0. The fourth-order valence-corrected chi connectivity index (χ4v) is 2.46. The highest BCUT2D eigenvalue weighted by Crippen LogP contribution is 2.36. The van der Waals surface area contributed by atoms with Crippen molar-refractivity contribution < 1.29 is 9.84 Å². The number of benzene rings is 1. The number of rotatable bonds is 4. The predicted molar refractivity (Wildman–Crippen MR) is 79.1 cm³/mol. The number of aliphatic hydroxyl groups is 1. The lowest BCUT2D eigenvalue weighted by Crippen LogP contribution is -2.36. The van der Waals surface area contributed by atoms with Crippen molar-refractivity contribution in [2.24, 2.45) is 0 Å². The van der Waals surface area contributed by atoms with Gasteiger partial charge in [-0.3, -0.25) is 0 Å². The monoisotopic (exact) mass is 301 g/mol. The van der Waals surface area contributed by atoms with Crippen molar-refractivity contribution in [2.45, 2.75) is 19.4 Å². The smallest absolute Gasteiger partial charge is 0.145 e. The number of halogens is 2. The van der Waals surface area contributed by atoms with Gasteiger partial charge in [0.1, 0.15) is 12.4 Å². The van der Waals surface area contributed by atoms with Crippen LogP contribution in [0.3, 0.4) is 0 Å². The second-order valence-corrected chi connectivity index (χ2v) is 6.16. The van der Waals surface area contributed by atoms with Crippen LogP contribution in [0.4, 0.5) is 0 Å². The summed E-state index contributed by atoms with van der Waals surface area (Å²) in [5.74, 6) is 0.678. The largest absolute Gasteiger partial charge is 0.487 e. The molecule has 1 aliphatic rings. The Morgan fingerprint density at radius 2 is 2.11 bits per heavy atom. The third-order valence-electron chi connectivity index (χ3n) is 2.71. The van der Waals surface area contributed by atoms with Crippen molar-refractivity contribution >= 4 is 29.3 Å². The van der Waals surface area contributed by atoms with Crippen LogP contribution < -0.4 is 10.1 Å². The van der Waals surface area contributed by atoms with Gasteiger partial charge in [0.25, 0.3) is 0 Å². The standard InChI is InChI=1S/C14H17Cl2NO2/c1-14(2,18)8-17-6-9-3-10-4-11(15)5-12(16)13(10)19-7-9/h3-5,17-18H,6-8H2,1-2H3. The molecular formula is C14H17Cl2NO2. The average Bonchev–Trinajstić information content (AvgIpc) is 2.26. The number of ether oxygens (including phenoxy) is 1. The Balaban J connectivity index is 2.07. The van der Waals surface area contributed by atoms with E-state index in [2.05, 4.69) is 5.32 Å².